The fourth-order valence-corrected chi connectivity index (χ4v) is 3.35. The van der Waals surface area contributed by atoms with E-state index in [1.165, 1.54) is 19.1 Å². The lowest BCUT2D eigenvalue weighted by molar-refractivity contribution is -0.173. The van der Waals surface area contributed by atoms with Gasteiger partial charge in [-0.05, 0) is 24.3 Å². The summed E-state index contributed by atoms with van der Waals surface area (Å²) in [6.07, 6.45) is -3.56. The molecule has 0 saturated carbocycles. The van der Waals surface area contributed by atoms with Crippen molar-refractivity contribution in [3.05, 3.63) is 30.1 Å². The van der Waals surface area contributed by atoms with Gasteiger partial charge in [0.15, 0.2) is 0 Å². The van der Waals surface area contributed by atoms with Crippen molar-refractivity contribution in [3.8, 4) is 0 Å². The van der Waals surface area contributed by atoms with Gasteiger partial charge in [-0.2, -0.15) is 0 Å². The SMILES string of the molecule is CC(=O)N[C@H]1[C@H](O)[C@H](O)[C@@H](CO)O[C@H]1Sc1ccc(F)cc1. The molecule has 1 saturated heterocycles. The molecule has 0 unspecified atom stereocenters. The van der Waals surface area contributed by atoms with E-state index >= 15 is 0 Å². The fourth-order valence-electron chi connectivity index (χ4n) is 2.22. The molecule has 1 aromatic carbocycles. The molecular formula is C14H18FNO5S. The molecule has 122 valence electrons. The van der Waals surface area contributed by atoms with Crippen molar-refractivity contribution < 1.29 is 29.2 Å². The highest BCUT2D eigenvalue weighted by molar-refractivity contribution is 7.99. The monoisotopic (exact) mass is 331 g/mol. The Labute approximate surface area is 131 Å². The van der Waals surface area contributed by atoms with Gasteiger partial charge in [-0.25, -0.2) is 4.39 Å². The first-order chi connectivity index (χ1) is 10.4. The summed E-state index contributed by atoms with van der Waals surface area (Å²) in [6, 6.07) is 4.80. The summed E-state index contributed by atoms with van der Waals surface area (Å²) in [5, 5.41) is 31.8. The quantitative estimate of drug-likeness (QED) is 0.613. The number of hydrogen-bond donors (Lipinski definition) is 4. The highest BCUT2D eigenvalue weighted by Crippen LogP contribution is 2.33. The van der Waals surface area contributed by atoms with Gasteiger partial charge in [0.2, 0.25) is 5.91 Å². The topological polar surface area (TPSA) is 99.0 Å². The van der Waals surface area contributed by atoms with Crippen LogP contribution >= 0.6 is 11.8 Å². The molecular weight excluding hydrogens is 313 g/mol. The van der Waals surface area contributed by atoms with Gasteiger partial charge >= 0.3 is 0 Å². The molecule has 0 radical (unpaired) electrons. The van der Waals surface area contributed by atoms with E-state index < -0.39 is 36.4 Å². The number of hydrogen-bond acceptors (Lipinski definition) is 6. The van der Waals surface area contributed by atoms with Crippen LogP contribution in [0.3, 0.4) is 0 Å². The molecule has 1 amide bonds. The van der Waals surface area contributed by atoms with Gasteiger partial charge in [0.25, 0.3) is 0 Å². The summed E-state index contributed by atoms with van der Waals surface area (Å²) < 4.78 is 18.5. The maximum Gasteiger partial charge on any atom is 0.217 e. The van der Waals surface area contributed by atoms with Crippen LogP contribution in [0.2, 0.25) is 0 Å². The number of halogens is 1. The molecule has 4 N–H and O–H groups in total. The molecule has 1 aromatic rings. The van der Waals surface area contributed by atoms with Crippen molar-refractivity contribution >= 4 is 17.7 Å². The minimum atomic E-state index is -1.31. The lowest BCUT2D eigenvalue weighted by atomic mass is 9.98. The normalized spacial score (nSPS) is 31.8. The van der Waals surface area contributed by atoms with E-state index in [1.54, 1.807) is 12.1 Å². The lowest BCUT2D eigenvalue weighted by Gasteiger charge is -2.42. The molecule has 1 aliphatic rings. The van der Waals surface area contributed by atoms with Crippen LogP contribution in [0.15, 0.2) is 29.2 Å². The van der Waals surface area contributed by atoms with Gasteiger partial charge in [0.1, 0.15) is 29.6 Å². The highest BCUT2D eigenvalue weighted by atomic mass is 32.2. The van der Waals surface area contributed by atoms with Crippen molar-refractivity contribution in [1.29, 1.82) is 0 Å². The summed E-state index contributed by atoms with van der Waals surface area (Å²) in [5.41, 5.74) is -0.732. The summed E-state index contributed by atoms with van der Waals surface area (Å²) in [4.78, 5) is 12.0. The Kier molecular flexibility index (Phi) is 5.76. The molecule has 5 atom stereocenters. The minimum absolute atomic E-state index is 0.379. The van der Waals surface area contributed by atoms with E-state index in [0.717, 1.165) is 11.8 Å². The second-order valence-corrected chi connectivity index (χ2v) is 6.18. The van der Waals surface area contributed by atoms with Crippen LogP contribution in [-0.2, 0) is 9.53 Å². The number of rotatable bonds is 4. The molecule has 1 aliphatic heterocycles. The smallest absolute Gasteiger partial charge is 0.217 e. The van der Waals surface area contributed by atoms with Crippen molar-refractivity contribution in [2.75, 3.05) is 6.61 Å². The summed E-state index contributed by atoms with van der Waals surface area (Å²) >= 11 is 1.16. The van der Waals surface area contributed by atoms with Gasteiger partial charge in [-0.1, -0.05) is 11.8 Å². The average molecular weight is 331 g/mol. The van der Waals surface area contributed by atoms with Crippen LogP contribution in [0.5, 0.6) is 0 Å². The van der Waals surface area contributed by atoms with Crippen molar-refractivity contribution in [2.45, 2.75) is 41.6 Å². The third kappa shape index (κ3) is 3.96. The number of carbonyl (C=O) groups is 1. The van der Waals surface area contributed by atoms with E-state index in [9.17, 15) is 24.5 Å². The van der Waals surface area contributed by atoms with E-state index in [1.807, 2.05) is 0 Å². The molecule has 1 fully saturated rings. The van der Waals surface area contributed by atoms with Gasteiger partial charge in [0, 0.05) is 11.8 Å². The van der Waals surface area contributed by atoms with E-state index in [-0.39, 0.29) is 11.7 Å². The summed E-state index contributed by atoms with van der Waals surface area (Å²) in [7, 11) is 0. The maximum atomic E-state index is 12.9. The lowest BCUT2D eigenvalue weighted by Crippen LogP contribution is -2.63. The second-order valence-electron chi connectivity index (χ2n) is 5.00. The molecule has 2 rings (SSSR count). The Morgan fingerprint density at radius 1 is 1.32 bits per heavy atom. The molecule has 0 bridgehead atoms. The standard InChI is InChI=1S/C14H18FNO5S/c1-7(18)16-11-13(20)12(19)10(6-17)21-14(11)22-9-4-2-8(15)3-5-9/h2-5,10-14,17,19-20H,6H2,1H3,(H,16,18)/t10-,11+,12-,13+,14+/m1/s1. The second kappa shape index (κ2) is 7.38. The highest BCUT2D eigenvalue weighted by Gasteiger charge is 2.45. The molecule has 1 heterocycles. The first-order valence-electron chi connectivity index (χ1n) is 6.74. The van der Waals surface area contributed by atoms with E-state index in [0.29, 0.717) is 4.90 Å². The zero-order valence-corrected chi connectivity index (χ0v) is 12.7. The van der Waals surface area contributed by atoms with Crippen LogP contribution in [0.25, 0.3) is 0 Å². The van der Waals surface area contributed by atoms with Crippen molar-refractivity contribution in [1.82, 2.24) is 5.32 Å². The van der Waals surface area contributed by atoms with Crippen molar-refractivity contribution in [3.63, 3.8) is 0 Å². The third-order valence-electron chi connectivity index (χ3n) is 3.32. The fraction of sp³-hybridized carbons (Fsp3) is 0.500. The number of amides is 1. The Balaban J connectivity index is 2.18. The van der Waals surface area contributed by atoms with Gasteiger partial charge in [-0.15, -0.1) is 0 Å². The maximum absolute atomic E-state index is 12.9. The summed E-state index contributed by atoms with van der Waals surface area (Å²) in [5.74, 6) is -0.761. The zero-order valence-electron chi connectivity index (χ0n) is 11.8. The molecule has 0 aliphatic carbocycles. The van der Waals surface area contributed by atoms with Gasteiger partial charge in [0.05, 0.1) is 12.6 Å². The Bertz CT molecular complexity index is 514. The minimum Gasteiger partial charge on any atom is -0.394 e. The predicted octanol–water partition coefficient (Wildman–Crippen LogP) is -0.139. The Morgan fingerprint density at radius 3 is 2.50 bits per heavy atom. The number of thioether (sulfide) groups is 1. The first-order valence-corrected chi connectivity index (χ1v) is 7.62. The van der Waals surface area contributed by atoms with E-state index in [2.05, 4.69) is 5.32 Å². The van der Waals surface area contributed by atoms with Crippen LogP contribution in [0.1, 0.15) is 6.92 Å². The first kappa shape index (κ1) is 17.2. The van der Waals surface area contributed by atoms with Crippen LogP contribution in [-0.4, -0.2) is 57.6 Å². The van der Waals surface area contributed by atoms with Crippen LogP contribution < -0.4 is 5.32 Å². The number of aliphatic hydroxyl groups excluding tert-OH is 3. The largest absolute Gasteiger partial charge is 0.394 e. The number of benzene rings is 1. The molecule has 22 heavy (non-hydrogen) atoms. The van der Waals surface area contributed by atoms with Crippen LogP contribution in [0.4, 0.5) is 4.39 Å². The number of nitrogens with one attached hydrogen (secondary N) is 1. The van der Waals surface area contributed by atoms with Crippen LogP contribution in [0, 0.1) is 5.82 Å². The molecule has 6 nitrogen and oxygen atoms in total. The zero-order chi connectivity index (χ0) is 16.3. The number of ether oxygens (including phenoxy) is 1. The average Bonchev–Trinajstić information content (AvgIpc) is 2.48. The van der Waals surface area contributed by atoms with E-state index in [4.69, 9.17) is 4.74 Å². The van der Waals surface area contributed by atoms with Crippen molar-refractivity contribution in [2.24, 2.45) is 0 Å². The van der Waals surface area contributed by atoms with Gasteiger partial charge in [-0.3, -0.25) is 4.79 Å². The molecule has 0 aromatic heterocycles. The molecule has 8 heteroatoms. The molecule has 0 spiro atoms. The Morgan fingerprint density at radius 2 is 1.95 bits per heavy atom. The predicted molar refractivity (Wildman–Crippen MR) is 77.6 cm³/mol. The number of aliphatic hydroxyl groups is 3. The van der Waals surface area contributed by atoms with Gasteiger partial charge < -0.3 is 25.4 Å². The third-order valence-corrected chi connectivity index (χ3v) is 4.50. The number of carbonyl (C=O) groups excluding carboxylic acids is 1. The Hall–Kier alpha value is -1.19. The summed E-state index contributed by atoms with van der Waals surface area (Å²) in [6.45, 7) is 0.822.